The number of hydrogen-bond acceptors (Lipinski definition) is 3. The van der Waals surface area contributed by atoms with Gasteiger partial charge in [0.15, 0.2) is 11.6 Å². The van der Waals surface area contributed by atoms with Crippen LogP contribution in [0.15, 0.2) is 18.3 Å². The molecule has 94 valence electrons. The summed E-state index contributed by atoms with van der Waals surface area (Å²) in [6.45, 7) is 2.75. The summed E-state index contributed by atoms with van der Waals surface area (Å²) in [5.41, 5.74) is 1.54. The Morgan fingerprint density at radius 1 is 1.44 bits per heavy atom. The van der Waals surface area contributed by atoms with Crippen molar-refractivity contribution in [1.29, 1.82) is 0 Å². The smallest absolute Gasteiger partial charge is 0.174 e. The molecule has 0 spiro atoms. The molecule has 3 rings (SSSR count). The second-order valence-corrected chi connectivity index (χ2v) is 4.70. The standard InChI is InChI=1S/C14H14FNO2/c1-8-5-9-12(18-7-8)6-16-10-3-4-11(17-2)14(15)13(9)10/h3-4,6,8H,5,7H2,1-2H3. The quantitative estimate of drug-likeness (QED) is 0.776. The van der Waals surface area contributed by atoms with Crippen molar-refractivity contribution in [2.75, 3.05) is 13.7 Å². The van der Waals surface area contributed by atoms with E-state index in [1.165, 1.54) is 7.11 Å². The van der Waals surface area contributed by atoms with Crippen LogP contribution in [-0.2, 0) is 6.42 Å². The molecular formula is C14H14FNO2. The minimum Gasteiger partial charge on any atom is -0.494 e. The van der Waals surface area contributed by atoms with E-state index in [1.54, 1.807) is 18.3 Å². The van der Waals surface area contributed by atoms with Gasteiger partial charge in [0.25, 0.3) is 0 Å². The molecule has 0 saturated carbocycles. The molecular weight excluding hydrogens is 233 g/mol. The lowest BCUT2D eigenvalue weighted by Crippen LogP contribution is -2.18. The summed E-state index contributed by atoms with van der Waals surface area (Å²) in [4.78, 5) is 4.24. The van der Waals surface area contributed by atoms with E-state index in [4.69, 9.17) is 9.47 Å². The monoisotopic (exact) mass is 247 g/mol. The number of nitrogens with zero attached hydrogens (tertiary/aromatic N) is 1. The summed E-state index contributed by atoms with van der Waals surface area (Å²) in [6.07, 6.45) is 2.48. The molecule has 0 fully saturated rings. The fraction of sp³-hybridized carbons (Fsp3) is 0.357. The van der Waals surface area contributed by atoms with Gasteiger partial charge in [-0.25, -0.2) is 4.39 Å². The van der Waals surface area contributed by atoms with Crippen molar-refractivity contribution in [3.8, 4) is 11.5 Å². The summed E-state index contributed by atoms with van der Waals surface area (Å²) in [6, 6.07) is 3.38. The fourth-order valence-electron chi connectivity index (χ4n) is 2.39. The third-order valence-electron chi connectivity index (χ3n) is 3.30. The molecule has 0 bridgehead atoms. The highest BCUT2D eigenvalue weighted by atomic mass is 19.1. The van der Waals surface area contributed by atoms with E-state index >= 15 is 0 Å². The van der Waals surface area contributed by atoms with Gasteiger partial charge in [-0.3, -0.25) is 4.98 Å². The van der Waals surface area contributed by atoms with E-state index in [2.05, 4.69) is 11.9 Å². The van der Waals surface area contributed by atoms with Gasteiger partial charge >= 0.3 is 0 Å². The summed E-state index contributed by atoms with van der Waals surface area (Å²) in [7, 11) is 1.46. The van der Waals surface area contributed by atoms with Crippen LogP contribution in [0.1, 0.15) is 12.5 Å². The van der Waals surface area contributed by atoms with Crippen LogP contribution < -0.4 is 9.47 Å². The molecule has 1 aromatic heterocycles. The number of methoxy groups -OCH3 is 1. The summed E-state index contributed by atoms with van der Waals surface area (Å²) >= 11 is 0. The van der Waals surface area contributed by atoms with Crippen LogP contribution in [0.5, 0.6) is 11.5 Å². The Hall–Kier alpha value is -1.84. The third-order valence-corrected chi connectivity index (χ3v) is 3.30. The van der Waals surface area contributed by atoms with Gasteiger partial charge in [-0.05, 0) is 24.5 Å². The lowest BCUT2D eigenvalue weighted by Gasteiger charge is -2.23. The average molecular weight is 247 g/mol. The van der Waals surface area contributed by atoms with Gasteiger partial charge in [0.1, 0.15) is 5.75 Å². The van der Waals surface area contributed by atoms with Gasteiger partial charge < -0.3 is 9.47 Å². The summed E-state index contributed by atoms with van der Waals surface area (Å²) in [5.74, 6) is 0.967. The van der Waals surface area contributed by atoms with Gasteiger partial charge in [0.2, 0.25) is 0 Å². The zero-order chi connectivity index (χ0) is 12.7. The van der Waals surface area contributed by atoms with E-state index in [0.717, 1.165) is 12.0 Å². The molecule has 3 nitrogen and oxygen atoms in total. The lowest BCUT2D eigenvalue weighted by atomic mass is 9.95. The molecule has 0 saturated heterocycles. The van der Waals surface area contributed by atoms with Gasteiger partial charge in [0.05, 0.1) is 25.4 Å². The molecule has 2 aromatic rings. The zero-order valence-electron chi connectivity index (χ0n) is 10.4. The average Bonchev–Trinajstić information content (AvgIpc) is 2.38. The predicted molar refractivity (Wildman–Crippen MR) is 66.6 cm³/mol. The highest BCUT2D eigenvalue weighted by molar-refractivity contribution is 5.86. The number of pyridine rings is 1. The maximum absolute atomic E-state index is 14.4. The molecule has 0 aliphatic carbocycles. The number of aromatic nitrogens is 1. The van der Waals surface area contributed by atoms with Crippen molar-refractivity contribution in [3.63, 3.8) is 0 Å². The van der Waals surface area contributed by atoms with Crippen LogP contribution in [-0.4, -0.2) is 18.7 Å². The van der Waals surface area contributed by atoms with Crippen molar-refractivity contribution in [3.05, 3.63) is 29.7 Å². The van der Waals surface area contributed by atoms with E-state index in [-0.39, 0.29) is 11.6 Å². The number of halogens is 1. The minimum atomic E-state index is -0.350. The van der Waals surface area contributed by atoms with Crippen LogP contribution in [0.3, 0.4) is 0 Å². The summed E-state index contributed by atoms with van der Waals surface area (Å²) in [5, 5.41) is 0.526. The van der Waals surface area contributed by atoms with E-state index in [1.807, 2.05) is 0 Å². The van der Waals surface area contributed by atoms with Crippen molar-refractivity contribution in [2.24, 2.45) is 5.92 Å². The highest BCUT2D eigenvalue weighted by Gasteiger charge is 2.22. The number of rotatable bonds is 1. The zero-order valence-corrected chi connectivity index (χ0v) is 10.4. The first kappa shape index (κ1) is 11.3. The first-order valence-electron chi connectivity index (χ1n) is 5.97. The Morgan fingerprint density at radius 2 is 2.28 bits per heavy atom. The maximum Gasteiger partial charge on any atom is 0.174 e. The topological polar surface area (TPSA) is 31.4 Å². The molecule has 1 atom stereocenters. The molecule has 4 heteroatoms. The van der Waals surface area contributed by atoms with Crippen molar-refractivity contribution >= 4 is 10.9 Å². The fourth-order valence-corrected chi connectivity index (χ4v) is 2.39. The first-order chi connectivity index (χ1) is 8.70. The van der Waals surface area contributed by atoms with E-state index < -0.39 is 0 Å². The second kappa shape index (κ2) is 4.12. The normalized spacial score (nSPS) is 18.3. The largest absolute Gasteiger partial charge is 0.494 e. The lowest BCUT2D eigenvalue weighted by molar-refractivity contribution is 0.234. The molecule has 1 aliphatic heterocycles. The van der Waals surface area contributed by atoms with Gasteiger partial charge in [-0.15, -0.1) is 0 Å². The Morgan fingerprint density at radius 3 is 3.06 bits per heavy atom. The predicted octanol–water partition coefficient (Wildman–Crippen LogP) is 2.95. The summed E-state index contributed by atoms with van der Waals surface area (Å²) < 4.78 is 25.0. The van der Waals surface area contributed by atoms with Crippen LogP contribution in [0, 0.1) is 11.7 Å². The molecule has 0 N–H and O–H groups in total. The van der Waals surface area contributed by atoms with E-state index in [0.29, 0.717) is 29.2 Å². The molecule has 2 heterocycles. The van der Waals surface area contributed by atoms with Crippen LogP contribution in [0.2, 0.25) is 0 Å². The number of benzene rings is 1. The molecule has 0 radical (unpaired) electrons. The third kappa shape index (κ3) is 1.60. The molecule has 1 aromatic carbocycles. The van der Waals surface area contributed by atoms with Crippen molar-refractivity contribution in [1.82, 2.24) is 4.98 Å². The SMILES string of the molecule is COc1ccc2ncc3c(c2c1F)CC(C)CO3. The van der Waals surface area contributed by atoms with Gasteiger partial charge in [-0.2, -0.15) is 0 Å². The molecule has 18 heavy (non-hydrogen) atoms. The molecule has 1 aliphatic rings. The van der Waals surface area contributed by atoms with Gasteiger partial charge in [0, 0.05) is 10.9 Å². The number of hydrogen-bond donors (Lipinski definition) is 0. The maximum atomic E-state index is 14.4. The van der Waals surface area contributed by atoms with Crippen LogP contribution in [0.25, 0.3) is 10.9 Å². The van der Waals surface area contributed by atoms with Crippen LogP contribution >= 0.6 is 0 Å². The van der Waals surface area contributed by atoms with Gasteiger partial charge in [-0.1, -0.05) is 6.92 Å². The van der Waals surface area contributed by atoms with E-state index in [9.17, 15) is 4.39 Å². The van der Waals surface area contributed by atoms with Crippen LogP contribution in [0.4, 0.5) is 4.39 Å². The Kier molecular flexibility index (Phi) is 2.58. The number of ether oxygens (including phenoxy) is 2. The van der Waals surface area contributed by atoms with Crippen molar-refractivity contribution in [2.45, 2.75) is 13.3 Å². The first-order valence-corrected chi connectivity index (χ1v) is 5.97. The molecule has 0 amide bonds. The Labute approximate surface area is 105 Å². The highest BCUT2D eigenvalue weighted by Crippen LogP contribution is 2.36. The second-order valence-electron chi connectivity index (χ2n) is 4.70. The number of fused-ring (bicyclic) bond motifs is 3. The Balaban J connectivity index is 2.32. The van der Waals surface area contributed by atoms with Crippen molar-refractivity contribution < 1.29 is 13.9 Å². The Bertz CT molecular complexity index is 607. The molecule has 1 unspecified atom stereocenters. The minimum absolute atomic E-state index is 0.246.